The zero-order chi connectivity index (χ0) is 23.1. The highest BCUT2D eigenvalue weighted by atomic mass is 32.1. The van der Waals surface area contributed by atoms with E-state index < -0.39 is 11.1 Å². The number of amides is 1. The molecule has 3 heterocycles. The molecule has 0 radical (unpaired) electrons. The van der Waals surface area contributed by atoms with E-state index in [2.05, 4.69) is 10.3 Å². The van der Waals surface area contributed by atoms with Crippen LogP contribution < -0.4 is 10.2 Å². The fourth-order valence-corrected chi connectivity index (χ4v) is 5.42. The molecule has 0 saturated carbocycles. The third kappa shape index (κ3) is 3.51. The van der Waals surface area contributed by atoms with Gasteiger partial charge >= 0.3 is 0 Å². The summed E-state index contributed by atoms with van der Waals surface area (Å²) in [6, 6.07) is 17.6. The van der Waals surface area contributed by atoms with Crippen molar-refractivity contribution in [2.45, 2.75) is 19.7 Å². The largest absolute Gasteiger partial charge is 0.380 e. The first-order valence-corrected chi connectivity index (χ1v) is 11.1. The van der Waals surface area contributed by atoms with Crippen molar-refractivity contribution in [2.24, 2.45) is 0 Å². The summed E-state index contributed by atoms with van der Waals surface area (Å²) < 4.78 is 5.40. The van der Waals surface area contributed by atoms with Crippen LogP contribution in [0.15, 0.2) is 60.7 Å². The van der Waals surface area contributed by atoms with Gasteiger partial charge in [-0.1, -0.05) is 30.3 Å². The molecule has 1 aliphatic heterocycles. The number of nitro benzene ring substituents is 1. The van der Waals surface area contributed by atoms with Crippen molar-refractivity contribution in [3.63, 3.8) is 0 Å². The Bertz CT molecular complexity index is 1390. The molecular weight excluding hydrogens is 440 g/mol. The van der Waals surface area contributed by atoms with Gasteiger partial charge < -0.3 is 10.1 Å². The van der Waals surface area contributed by atoms with Gasteiger partial charge in [0.1, 0.15) is 15.9 Å². The van der Waals surface area contributed by atoms with E-state index in [0.717, 1.165) is 21.5 Å². The Kier molecular flexibility index (Phi) is 5.27. The zero-order valence-electron chi connectivity index (χ0n) is 17.9. The fourth-order valence-electron chi connectivity index (χ4n) is 4.25. The van der Waals surface area contributed by atoms with Crippen LogP contribution in [0.4, 0.5) is 17.1 Å². The number of para-hydroxylation sites is 2. The number of benzene rings is 2. The Morgan fingerprint density at radius 2 is 1.91 bits per heavy atom. The average Bonchev–Trinajstić information content (AvgIpc) is 3.18. The Hall–Kier alpha value is -3.82. The molecule has 9 heteroatoms. The summed E-state index contributed by atoms with van der Waals surface area (Å²) in [5, 5.41) is 16.1. The smallest absolute Gasteiger partial charge is 0.276 e. The topological polar surface area (TPSA) is 97.6 Å². The molecule has 5 rings (SSSR count). The van der Waals surface area contributed by atoms with Gasteiger partial charge in [-0.2, -0.15) is 0 Å². The van der Waals surface area contributed by atoms with E-state index >= 15 is 0 Å². The number of ether oxygens (including phenoxy) is 1. The summed E-state index contributed by atoms with van der Waals surface area (Å²) in [5.41, 5.74) is 3.36. The molecule has 8 nitrogen and oxygen atoms in total. The number of nitro groups is 1. The van der Waals surface area contributed by atoms with Crippen LogP contribution in [-0.2, 0) is 11.3 Å². The number of carbonyl (C=O) groups excluding carboxylic acids is 1. The lowest BCUT2D eigenvalue weighted by Gasteiger charge is -2.36. The van der Waals surface area contributed by atoms with E-state index in [9.17, 15) is 14.9 Å². The molecule has 0 unspecified atom stereocenters. The van der Waals surface area contributed by atoms with Gasteiger partial charge in [-0.3, -0.25) is 19.8 Å². The third-order valence-electron chi connectivity index (χ3n) is 5.59. The molecule has 166 valence electrons. The van der Waals surface area contributed by atoms with Crippen molar-refractivity contribution in [1.29, 1.82) is 0 Å². The molecule has 1 atom stereocenters. The third-order valence-corrected chi connectivity index (χ3v) is 6.66. The van der Waals surface area contributed by atoms with E-state index in [-0.39, 0.29) is 11.6 Å². The molecule has 0 aliphatic carbocycles. The highest BCUT2D eigenvalue weighted by molar-refractivity contribution is 7.21. The number of nitrogens with one attached hydrogen (secondary N) is 1. The number of anilines is 2. The summed E-state index contributed by atoms with van der Waals surface area (Å²) in [6.07, 6.45) is -0.775. The molecule has 0 fully saturated rings. The van der Waals surface area contributed by atoms with Crippen LogP contribution in [0, 0.1) is 17.0 Å². The minimum absolute atomic E-state index is 0.0576. The predicted molar refractivity (Wildman–Crippen MR) is 128 cm³/mol. The van der Waals surface area contributed by atoms with Gasteiger partial charge in [-0.05, 0) is 36.8 Å². The van der Waals surface area contributed by atoms with Crippen molar-refractivity contribution < 1.29 is 14.5 Å². The van der Waals surface area contributed by atoms with Crippen LogP contribution in [0.3, 0.4) is 0 Å². The number of nitrogens with zero attached hydrogens (tertiary/aromatic N) is 3. The predicted octanol–water partition coefficient (Wildman–Crippen LogP) is 5.43. The van der Waals surface area contributed by atoms with Gasteiger partial charge in [-0.15, -0.1) is 11.3 Å². The number of hydrogen-bond donors (Lipinski definition) is 1. The molecule has 2 aromatic carbocycles. The van der Waals surface area contributed by atoms with Gasteiger partial charge in [0.25, 0.3) is 11.6 Å². The minimum atomic E-state index is -0.775. The van der Waals surface area contributed by atoms with E-state index in [0.29, 0.717) is 28.4 Å². The lowest BCUT2D eigenvalue weighted by atomic mass is 10.0. The van der Waals surface area contributed by atoms with Crippen molar-refractivity contribution >= 4 is 44.5 Å². The molecule has 0 spiro atoms. The van der Waals surface area contributed by atoms with Crippen LogP contribution in [0.25, 0.3) is 10.2 Å². The molecule has 0 saturated heterocycles. The summed E-state index contributed by atoms with van der Waals surface area (Å²) in [5.74, 6) is -0.234. The second-order valence-electron chi connectivity index (χ2n) is 7.72. The van der Waals surface area contributed by atoms with Crippen LogP contribution in [0.5, 0.6) is 0 Å². The molecule has 1 N–H and O–H groups in total. The lowest BCUT2D eigenvalue weighted by Crippen LogP contribution is -2.42. The lowest BCUT2D eigenvalue weighted by molar-refractivity contribution is -0.385. The maximum absolute atomic E-state index is 13.9. The number of thiophene rings is 1. The first kappa shape index (κ1) is 21.0. The van der Waals surface area contributed by atoms with E-state index in [1.54, 1.807) is 30.2 Å². The molecule has 2 aromatic heterocycles. The average molecular weight is 461 g/mol. The summed E-state index contributed by atoms with van der Waals surface area (Å²) in [6.45, 7) is 2.26. The number of aromatic nitrogens is 1. The summed E-state index contributed by atoms with van der Waals surface area (Å²) in [4.78, 5) is 32.7. The molecule has 0 bridgehead atoms. The molecule has 4 aromatic rings. The second kappa shape index (κ2) is 8.27. The first-order chi connectivity index (χ1) is 16.0. The highest BCUT2D eigenvalue weighted by Gasteiger charge is 2.40. The van der Waals surface area contributed by atoms with Crippen molar-refractivity contribution in [3.8, 4) is 0 Å². The van der Waals surface area contributed by atoms with Crippen LogP contribution in [0.1, 0.15) is 32.7 Å². The maximum atomic E-state index is 13.9. The fraction of sp³-hybridized carbons (Fsp3) is 0.167. The molecule has 1 aliphatic rings. The van der Waals surface area contributed by atoms with Gasteiger partial charge in [0.15, 0.2) is 0 Å². The Labute approximate surface area is 193 Å². The number of pyridine rings is 1. The molecular formula is C24H20N4O4S. The Morgan fingerprint density at radius 3 is 2.64 bits per heavy atom. The first-order valence-electron chi connectivity index (χ1n) is 10.3. The van der Waals surface area contributed by atoms with Crippen LogP contribution >= 0.6 is 11.3 Å². The van der Waals surface area contributed by atoms with E-state index in [4.69, 9.17) is 4.74 Å². The van der Waals surface area contributed by atoms with Gasteiger partial charge in [-0.25, -0.2) is 4.98 Å². The number of fused-ring (bicyclic) bond motifs is 3. The molecule has 33 heavy (non-hydrogen) atoms. The van der Waals surface area contributed by atoms with E-state index in [1.807, 2.05) is 43.3 Å². The summed E-state index contributed by atoms with van der Waals surface area (Å²) >= 11 is 1.31. The quantitative estimate of drug-likeness (QED) is 0.315. The minimum Gasteiger partial charge on any atom is -0.380 e. The van der Waals surface area contributed by atoms with Gasteiger partial charge in [0, 0.05) is 29.9 Å². The molecule has 1 amide bonds. The van der Waals surface area contributed by atoms with Crippen molar-refractivity contribution in [2.75, 3.05) is 17.3 Å². The summed E-state index contributed by atoms with van der Waals surface area (Å²) in [7, 11) is 1.62. The number of methoxy groups -OCH3 is 1. The highest BCUT2D eigenvalue weighted by Crippen LogP contribution is 2.46. The number of aryl methyl sites for hydroxylation is 1. The Morgan fingerprint density at radius 1 is 1.18 bits per heavy atom. The maximum Gasteiger partial charge on any atom is 0.276 e. The van der Waals surface area contributed by atoms with E-state index in [1.165, 1.54) is 17.4 Å². The standard InChI is InChI=1S/C24H20N4O4S/c1-14-12-15(13-32-2)19-20-21(33-23(19)25-14)24(29)27(16-8-4-3-5-9-16)22(26-20)17-10-6-7-11-18(17)28(30)31/h3-12,22,26H,13H2,1-2H3/t22-/m0/s1. The normalized spacial score (nSPS) is 15.4. The van der Waals surface area contributed by atoms with Gasteiger partial charge in [0.2, 0.25) is 0 Å². The Balaban J connectivity index is 1.77. The van der Waals surface area contributed by atoms with Crippen molar-refractivity contribution in [3.05, 3.63) is 92.5 Å². The number of carbonyl (C=O) groups is 1. The van der Waals surface area contributed by atoms with Gasteiger partial charge in [0.05, 0.1) is 22.8 Å². The second-order valence-corrected chi connectivity index (χ2v) is 8.71. The van der Waals surface area contributed by atoms with Crippen molar-refractivity contribution in [1.82, 2.24) is 4.98 Å². The van der Waals surface area contributed by atoms with Crippen LogP contribution in [0.2, 0.25) is 0 Å². The monoisotopic (exact) mass is 460 g/mol. The number of rotatable bonds is 5. The van der Waals surface area contributed by atoms with Crippen LogP contribution in [-0.4, -0.2) is 22.9 Å². The number of hydrogen-bond acceptors (Lipinski definition) is 7. The SMILES string of the molecule is COCc1cc(C)nc2sc3c(c12)N[C@H](c1ccccc1[N+](=O)[O-])N(c1ccccc1)C3=O. The zero-order valence-corrected chi connectivity index (χ0v) is 18.8.